The lowest BCUT2D eigenvalue weighted by atomic mass is 9.83. The maximum absolute atomic E-state index is 9.00. The van der Waals surface area contributed by atoms with Crippen molar-refractivity contribution in [2.75, 3.05) is 6.61 Å². The number of hydrogen-bond acceptors (Lipinski definition) is 3. The average molecular weight is 197 g/mol. The van der Waals surface area contributed by atoms with E-state index >= 15 is 0 Å². The minimum Gasteiger partial charge on any atom is -0.396 e. The fraction of sp³-hybridized carbons (Fsp3) is 0.700. The van der Waals surface area contributed by atoms with Crippen LogP contribution >= 0.6 is 0 Å². The largest absolute Gasteiger partial charge is 0.396 e. The van der Waals surface area contributed by atoms with Crippen LogP contribution in [0.5, 0.6) is 0 Å². The Morgan fingerprint density at radius 3 is 2.64 bits per heavy atom. The molecule has 0 amide bonds. The summed E-state index contributed by atoms with van der Waals surface area (Å²) in [5, 5.41) is 13.1. The second-order valence-corrected chi connectivity index (χ2v) is 4.27. The summed E-state index contributed by atoms with van der Waals surface area (Å²) in [7, 11) is 1.89. The molecule has 14 heavy (non-hydrogen) atoms. The van der Waals surface area contributed by atoms with E-state index in [0.717, 1.165) is 5.69 Å². The van der Waals surface area contributed by atoms with Crippen LogP contribution in [-0.2, 0) is 7.05 Å². The van der Waals surface area contributed by atoms with E-state index in [1.807, 2.05) is 31.6 Å². The van der Waals surface area contributed by atoms with Crippen molar-refractivity contribution in [3.05, 3.63) is 18.0 Å². The van der Waals surface area contributed by atoms with E-state index in [1.54, 1.807) is 6.20 Å². The van der Waals surface area contributed by atoms with Gasteiger partial charge in [0, 0.05) is 37.0 Å². The van der Waals surface area contributed by atoms with Crippen molar-refractivity contribution in [3.8, 4) is 0 Å². The van der Waals surface area contributed by atoms with Gasteiger partial charge >= 0.3 is 0 Å². The number of aryl methyl sites for hydroxylation is 1. The standard InChI is InChI=1S/C10H19N3O/c1-10(2,11)8(5-7-14)9-4-6-12-13(9)3/h4,6,8,14H,5,7,11H2,1-3H3. The van der Waals surface area contributed by atoms with Crippen molar-refractivity contribution in [1.82, 2.24) is 9.78 Å². The first kappa shape index (κ1) is 11.2. The third-order valence-electron chi connectivity index (χ3n) is 2.53. The molecule has 4 nitrogen and oxygen atoms in total. The molecule has 4 heteroatoms. The maximum Gasteiger partial charge on any atom is 0.0492 e. The molecule has 1 aromatic rings. The van der Waals surface area contributed by atoms with E-state index in [1.165, 1.54) is 0 Å². The highest BCUT2D eigenvalue weighted by molar-refractivity contribution is 5.13. The minimum absolute atomic E-state index is 0.139. The zero-order chi connectivity index (χ0) is 10.8. The minimum atomic E-state index is -0.337. The number of nitrogens with zero attached hydrogens (tertiary/aromatic N) is 2. The Labute approximate surface area is 84.7 Å². The highest BCUT2D eigenvalue weighted by atomic mass is 16.3. The Morgan fingerprint density at radius 1 is 1.64 bits per heavy atom. The van der Waals surface area contributed by atoms with E-state index < -0.39 is 0 Å². The van der Waals surface area contributed by atoms with E-state index in [0.29, 0.717) is 6.42 Å². The molecule has 0 bridgehead atoms. The highest BCUT2D eigenvalue weighted by Gasteiger charge is 2.28. The molecule has 0 saturated heterocycles. The molecule has 0 spiro atoms. The lowest BCUT2D eigenvalue weighted by Gasteiger charge is -2.30. The van der Waals surface area contributed by atoms with Gasteiger partial charge < -0.3 is 10.8 Å². The highest BCUT2D eigenvalue weighted by Crippen LogP contribution is 2.28. The predicted octanol–water partition coefficient (Wildman–Crippen LogP) is 0.623. The number of aliphatic hydroxyl groups is 1. The summed E-state index contributed by atoms with van der Waals surface area (Å²) in [5.41, 5.74) is 6.81. The second kappa shape index (κ2) is 4.11. The molecule has 1 aromatic heterocycles. The Hall–Kier alpha value is -0.870. The molecule has 0 fully saturated rings. The van der Waals surface area contributed by atoms with Gasteiger partial charge in [-0.05, 0) is 26.3 Å². The summed E-state index contributed by atoms with van der Waals surface area (Å²) < 4.78 is 1.81. The lowest BCUT2D eigenvalue weighted by molar-refractivity contribution is 0.246. The molecule has 0 aliphatic rings. The van der Waals surface area contributed by atoms with Crippen molar-refractivity contribution in [2.24, 2.45) is 12.8 Å². The van der Waals surface area contributed by atoms with Gasteiger partial charge in [0.15, 0.2) is 0 Å². The molecule has 0 aliphatic carbocycles. The number of aliphatic hydroxyl groups excluding tert-OH is 1. The molecule has 3 N–H and O–H groups in total. The fourth-order valence-electron chi connectivity index (χ4n) is 1.76. The molecular weight excluding hydrogens is 178 g/mol. The summed E-state index contributed by atoms with van der Waals surface area (Å²) in [4.78, 5) is 0. The van der Waals surface area contributed by atoms with Crippen LogP contribution in [0, 0.1) is 0 Å². The van der Waals surface area contributed by atoms with Crippen molar-refractivity contribution >= 4 is 0 Å². The molecule has 0 radical (unpaired) electrons. The molecule has 0 aromatic carbocycles. The number of hydrogen-bond donors (Lipinski definition) is 2. The van der Waals surface area contributed by atoms with Gasteiger partial charge in [-0.25, -0.2) is 0 Å². The van der Waals surface area contributed by atoms with Crippen molar-refractivity contribution in [2.45, 2.75) is 31.7 Å². The van der Waals surface area contributed by atoms with Gasteiger partial charge in [-0.15, -0.1) is 0 Å². The first-order valence-electron chi connectivity index (χ1n) is 4.84. The molecule has 1 heterocycles. The molecular formula is C10H19N3O. The zero-order valence-corrected chi connectivity index (χ0v) is 9.07. The van der Waals surface area contributed by atoms with Gasteiger partial charge in [0.05, 0.1) is 0 Å². The summed E-state index contributed by atoms with van der Waals surface area (Å²) >= 11 is 0. The summed E-state index contributed by atoms with van der Waals surface area (Å²) in [6, 6.07) is 1.95. The average Bonchev–Trinajstić information content (AvgIpc) is 2.45. The third-order valence-corrected chi connectivity index (χ3v) is 2.53. The number of rotatable bonds is 4. The van der Waals surface area contributed by atoms with Gasteiger partial charge in [0.25, 0.3) is 0 Å². The van der Waals surface area contributed by atoms with Crippen LogP contribution in [-0.4, -0.2) is 27.0 Å². The van der Waals surface area contributed by atoms with Crippen LogP contribution < -0.4 is 5.73 Å². The quantitative estimate of drug-likeness (QED) is 0.744. The van der Waals surface area contributed by atoms with Crippen LogP contribution in [0.1, 0.15) is 31.9 Å². The van der Waals surface area contributed by atoms with Gasteiger partial charge in [-0.2, -0.15) is 5.10 Å². The maximum atomic E-state index is 9.00. The Balaban J connectivity index is 2.95. The topological polar surface area (TPSA) is 64.1 Å². The zero-order valence-electron chi connectivity index (χ0n) is 9.07. The van der Waals surface area contributed by atoms with Gasteiger partial charge in [-0.1, -0.05) is 0 Å². The van der Waals surface area contributed by atoms with E-state index in [2.05, 4.69) is 5.10 Å². The van der Waals surface area contributed by atoms with Crippen molar-refractivity contribution in [3.63, 3.8) is 0 Å². The molecule has 1 atom stereocenters. The smallest absolute Gasteiger partial charge is 0.0492 e. The summed E-state index contributed by atoms with van der Waals surface area (Å²) in [6.45, 7) is 4.09. The van der Waals surface area contributed by atoms with Crippen LogP contribution in [0.15, 0.2) is 12.3 Å². The Kier molecular flexibility index (Phi) is 3.29. The second-order valence-electron chi connectivity index (χ2n) is 4.27. The van der Waals surface area contributed by atoms with E-state index in [9.17, 15) is 0 Å². The van der Waals surface area contributed by atoms with Crippen molar-refractivity contribution in [1.29, 1.82) is 0 Å². The van der Waals surface area contributed by atoms with Crippen LogP contribution in [0.3, 0.4) is 0 Å². The van der Waals surface area contributed by atoms with Gasteiger partial charge in [0.2, 0.25) is 0 Å². The monoisotopic (exact) mass is 197 g/mol. The lowest BCUT2D eigenvalue weighted by Crippen LogP contribution is -2.40. The van der Waals surface area contributed by atoms with Crippen LogP contribution in [0.4, 0.5) is 0 Å². The van der Waals surface area contributed by atoms with Crippen LogP contribution in [0.2, 0.25) is 0 Å². The molecule has 0 aliphatic heterocycles. The van der Waals surface area contributed by atoms with E-state index in [-0.39, 0.29) is 18.1 Å². The Morgan fingerprint density at radius 2 is 2.29 bits per heavy atom. The normalized spacial score (nSPS) is 14.4. The molecule has 0 saturated carbocycles. The fourth-order valence-corrected chi connectivity index (χ4v) is 1.76. The first-order chi connectivity index (χ1) is 6.46. The third kappa shape index (κ3) is 2.33. The van der Waals surface area contributed by atoms with Gasteiger partial charge in [0.1, 0.15) is 0 Å². The molecule has 1 rings (SSSR count). The van der Waals surface area contributed by atoms with E-state index in [4.69, 9.17) is 10.8 Å². The van der Waals surface area contributed by atoms with Crippen molar-refractivity contribution < 1.29 is 5.11 Å². The summed E-state index contributed by atoms with van der Waals surface area (Å²) in [6.07, 6.45) is 2.43. The predicted molar refractivity (Wildman–Crippen MR) is 55.9 cm³/mol. The van der Waals surface area contributed by atoms with Gasteiger partial charge in [-0.3, -0.25) is 4.68 Å². The first-order valence-corrected chi connectivity index (χ1v) is 4.84. The summed E-state index contributed by atoms with van der Waals surface area (Å²) in [5.74, 6) is 0.139. The molecule has 1 unspecified atom stereocenters. The molecule has 80 valence electrons. The number of nitrogens with two attached hydrogens (primary N) is 1. The Bertz CT molecular complexity index is 288. The van der Waals surface area contributed by atoms with Crippen LogP contribution in [0.25, 0.3) is 0 Å². The SMILES string of the molecule is Cn1nccc1C(CCO)C(C)(C)N. The number of aromatic nitrogens is 2.